The number of imidazole rings is 1. The number of fused-ring (bicyclic) bond motifs is 2. The average Bonchev–Trinajstić information content (AvgIpc) is 3.31. The third-order valence-electron chi connectivity index (χ3n) is 5.66. The lowest BCUT2D eigenvalue weighted by Gasteiger charge is -2.28. The molecule has 1 saturated carbocycles. The fraction of sp³-hybridized carbons (Fsp3) is 0.381. The highest BCUT2D eigenvalue weighted by Crippen LogP contribution is 2.32. The van der Waals surface area contributed by atoms with Crippen molar-refractivity contribution in [1.29, 1.82) is 0 Å². The summed E-state index contributed by atoms with van der Waals surface area (Å²) < 4.78 is 3.01. The predicted octanol–water partition coefficient (Wildman–Crippen LogP) is 4.38. The van der Waals surface area contributed by atoms with Gasteiger partial charge < -0.3 is 16.4 Å². The second-order valence-corrected chi connectivity index (χ2v) is 9.08. The van der Waals surface area contributed by atoms with Crippen molar-refractivity contribution in [1.82, 2.24) is 19.6 Å². The van der Waals surface area contributed by atoms with E-state index in [-0.39, 0.29) is 0 Å². The minimum absolute atomic E-state index is 0.334. The van der Waals surface area contributed by atoms with Gasteiger partial charge in [0.15, 0.2) is 11.5 Å². The van der Waals surface area contributed by atoms with Crippen molar-refractivity contribution < 1.29 is 0 Å². The Balaban J connectivity index is 1.49. The standard InChI is InChI=1S/C21H25N7S/c1-12-19(25-16-7-8-17-18(11-16)29-13(2)24-17)21-23-9-10-28(21)27-20(12)26-15-5-3-14(22)4-6-15/h7-11,14-15,25H,3-6,22H2,1-2H3,(H,26,27). The summed E-state index contributed by atoms with van der Waals surface area (Å²) in [5, 5.41) is 13.1. The molecule has 0 radical (unpaired) electrons. The highest BCUT2D eigenvalue weighted by molar-refractivity contribution is 7.18. The third kappa shape index (κ3) is 3.54. The largest absolute Gasteiger partial charge is 0.366 e. The normalized spacial score (nSPS) is 19.7. The molecule has 0 spiro atoms. The molecule has 0 unspecified atom stereocenters. The number of hydrogen-bond donors (Lipinski definition) is 3. The molecule has 5 rings (SSSR count). The maximum absolute atomic E-state index is 6.06. The quantitative estimate of drug-likeness (QED) is 0.465. The van der Waals surface area contributed by atoms with Gasteiger partial charge in [0.05, 0.1) is 20.9 Å². The number of benzene rings is 1. The Morgan fingerprint density at radius 2 is 2.00 bits per heavy atom. The molecule has 29 heavy (non-hydrogen) atoms. The first kappa shape index (κ1) is 18.3. The fourth-order valence-electron chi connectivity index (χ4n) is 4.03. The van der Waals surface area contributed by atoms with E-state index in [1.165, 1.54) is 4.70 Å². The molecule has 7 nitrogen and oxygen atoms in total. The van der Waals surface area contributed by atoms with Crippen LogP contribution < -0.4 is 16.4 Å². The van der Waals surface area contributed by atoms with Crippen molar-refractivity contribution in [3.05, 3.63) is 41.2 Å². The van der Waals surface area contributed by atoms with Crippen LogP contribution in [-0.4, -0.2) is 31.7 Å². The van der Waals surface area contributed by atoms with E-state index >= 15 is 0 Å². The summed E-state index contributed by atoms with van der Waals surface area (Å²) in [7, 11) is 0. The van der Waals surface area contributed by atoms with Crippen LogP contribution >= 0.6 is 11.3 Å². The minimum atomic E-state index is 0.334. The number of hydrogen-bond acceptors (Lipinski definition) is 7. The number of anilines is 3. The Bertz CT molecular complexity index is 1170. The van der Waals surface area contributed by atoms with Crippen LogP contribution in [0.15, 0.2) is 30.6 Å². The first-order chi connectivity index (χ1) is 14.1. The predicted molar refractivity (Wildman–Crippen MR) is 119 cm³/mol. The minimum Gasteiger partial charge on any atom is -0.366 e. The van der Waals surface area contributed by atoms with Gasteiger partial charge in [-0.3, -0.25) is 0 Å². The van der Waals surface area contributed by atoms with E-state index in [0.29, 0.717) is 12.1 Å². The van der Waals surface area contributed by atoms with E-state index in [1.807, 2.05) is 17.6 Å². The first-order valence-electron chi connectivity index (χ1n) is 10.1. The van der Waals surface area contributed by atoms with E-state index in [2.05, 4.69) is 45.7 Å². The fourth-order valence-corrected chi connectivity index (χ4v) is 4.90. The van der Waals surface area contributed by atoms with Gasteiger partial charge in [-0.15, -0.1) is 16.4 Å². The topological polar surface area (TPSA) is 93.2 Å². The van der Waals surface area contributed by atoms with Crippen LogP contribution in [0.2, 0.25) is 0 Å². The van der Waals surface area contributed by atoms with Gasteiger partial charge in [-0.25, -0.2) is 14.5 Å². The molecule has 0 bridgehead atoms. The highest BCUT2D eigenvalue weighted by atomic mass is 32.1. The van der Waals surface area contributed by atoms with Crippen LogP contribution in [0.25, 0.3) is 15.9 Å². The van der Waals surface area contributed by atoms with Gasteiger partial charge in [-0.2, -0.15) is 0 Å². The lowest BCUT2D eigenvalue weighted by molar-refractivity contribution is 0.410. The summed E-state index contributed by atoms with van der Waals surface area (Å²) in [4.78, 5) is 9.07. The number of aromatic nitrogens is 4. The molecular weight excluding hydrogens is 382 g/mol. The molecule has 3 heterocycles. The van der Waals surface area contributed by atoms with Gasteiger partial charge in [-0.05, 0) is 57.7 Å². The molecule has 1 aliphatic carbocycles. The molecule has 1 fully saturated rings. The Morgan fingerprint density at radius 1 is 1.17 bits per heavy atom. The Kier molecular flexibility index (Phi) is 4.60. The summed E-state index contributed by atoms with van der Waals surface area (Å²) >= 11 is 1.71. The van der Waals surface area contributed by atoms with Crippen molar-refractivity contribution in [3.63, 3.8) is 0 Å². The van der Waals surface area contributed by atoms with Crippen molar-refractivity contribution >= 4 is 44.4 Å². The molecule has 0 amide bonds. The van der Waals surface area contributed by atoms with Gasteiger partial charge in [0.25, 0.3) is 0 Å². The summed E-state index contributed by atoms with van der Waals surface area (Å²) in [6.45, 7) is 4.13. The maximum Gasteiger partial charge on any atom is 0.177 e. The van der Waals surface area contributed by atoms with Crippen LogP contribution in [0.1, 0.15) is 36.3 Å². The monoisotopic (exact) mass is 407 g/mol. The zero-order valence-electron chi connectivity index (χ0n) is 16.6. The molecule has 0 saturated heterocycles. The number of nitrogens with two attached hydrogens (primary N) is 1. The van der Waals surface area contributed by atoms with Gasteiger partial charge >= 0.3 is 0 Å². The highest BCUT2D eigenvalue weighted by Gasteiger charge is 2.21. The Hall–Kier alpha value is -2.71. The molecule has 0 aliphatic heterocycles. The number of aryl methyl sites for hydroxylation is 1. The first-order valence-corrected chi connectivity index (χ1v) is 10.9. The van der Waals surface area contributed by atoms with Crippen LogP contribution in [0.4, 0.5) is 17.2 Å². The van der Waals surface area contributed by atoms with Gasteiger partial charge in [-0.1, -0.05) is 0 Å². The summed E-state index contributed by atoms with van der Waals surface area (Å²) in [5.41, 5.74) is 11.0. The van der Waals surface area contributed by atoms with E-state index in [1.54, 1.807) is 17.5 Å². The van der Waals surface area contributed by atoms with Gasteiger partial charge in [0.2, 0.25) is 0 Å². The van der Waals surface area contributed by atoms with Crippen molar-refractivity contribution in [2.45, 2.75) is 51.6 Å². The molecule has 3 aromatic heterocycles. The molecule has 1 aromatic carbocycles. The smallest absolute Gasteiger partial charge is 0.177 e. The summed E-state index contributed by atoms with van der Waals surface area (Å²) in [5.74, 6) is 0.896. The summed E-state index contributed by atoms with van der Waals surface area (Å²) in [6, 6.07) is 7.02. The third-order valence-corrected chi connectivity index (χ3v) is 6.59. The average molecular weight is 408 g/mol. The molecule has 4 N–H and O–H groups in total. The molecule has 0 atom stereocenters. The number of rotatable bonds is 4. The second kappa shape index (κ2) is 7.27. The van der Waals surface area contributed by atoms with Crippen LogP contribution in [0.3, 0.4) is 0 Å². The van der Waals surface area contributed by atoms with Crippen molar-refractivity contribution in [2.75, 3.05) is 10.6 Å². The molecule has 1 aliphatic rings. The van der Waals surface area contributed by atoms with E-state index < -0.39 is 0 Å². The summed E-state index contributed by atoms with van der Waals surface area (Å²) in [6.07, 6.45) is 7.94. The molecular formula is C21H25N7S. The van der Waals surface area contributed by atoms with Gasteiger partial charge in [0.1, 0.15) is 0 Å². The van der Waals surface area contributed by atoms with Crippen LogP contribution in [-0.2, 0) is 0 Å². The lowest BCUT2D eigenvalue weighted by atomic mass is 9.92. The van der Waals surface area contributed by atoms with Crippen molar-refractivity contribution in [3.8, 4) is 0 Å². The van der Waals surface area contributed by atoms with Crippen molar-refractivity contribution in [2.24, 2.45) is 5.73 Å². The SMILES string of the molecule is Cc1nc2ccc(Nc3c(C)c(NC4CCC(N)CC4)nn4ccnc34)cc2s1. The number of nitrogens with zero attached hydrogens (tertiary/aromatic N) is 4. The Labute approximate surface area is 173 Å². The zero-order chi connectivity index (χ0) is 20.0. The molecule has 4 aromatic rings. The zero-order valence-corrected chi connectivity index (χ0v) is 17.5. The lowest BCUT2D eigenvalue weighted by Crippen LogP contribution is -2.33. The second-order valence-electron chi connectivity index (χ2n) is 7.84. The van der Waals surface area contributed by atoms with E-state index in [9.17, 15) is 0 Å². The van der Waals surface area contributed by atoms with Gasteiger partial charge in [0, 0.05) is 35.7 Å². The van der Waals surface area contributed by atoms with E-state index in [4.69, 9.17) is 10.8 Å². The number of thiazole rings is 1. The van der Waals surface area contributed by atoms with Crippen LogP contribution in [0, 0.1) is 13.8 Å². The number of nitrogens with one attached hydrogen (secondary N) is 2. The van der Waals surface area contributed by atoms with Crippen LogP contribution in [0.5, 0.6) is 0 Å². The maximum atomic E-state index is 6.06. The van der Waals surface area contributed by atoms with E-state index in [0.717, 1.165) is 64.6 Å². The molecule has 150 valence electrons. The Morgan fingerprint density at radius 3 is 2.83 bits per heavy atom. The molecule has 8 heteroatoms.